The van der Waals surface area contributed by atoms with Gasteiger partial charge >= 0.3 is 17.9 Å². The molecule has 0 aromatic heterocycles. The van der Waals surface area contributed by atoms with Crippen LogP contribution in [0.5, 0.6) is 5.75 Å². The number of nitrogens with zero attached hydrogens (tertiary/aromatic N) is 1. The number of carbonyl (C=O) groups is 3. The Morgan fingerprint density at radius 2 is 1.12 bits per heavy atom. The lowest BCUT2D eigenvalue weighted by atomic mass is 9.95. The second-order valence-electron chi connectivity index (χ2n) is 11.4. The topological polar surface area (TPSA) is 145 Å². The minimum Gasteiger partial charge on any atom is -0.494 e. The summed E-state index contributed by atoms with van der Waals surface area (Å²) in [6.07, 6.45) is 5.32. The van der Waals surface area contributed by atoms with Crippen molar-refractivity contribution in [2.45, 2.75) is 70.8 Å². The largest absolute Gasteiger partial charge is 0.494 e. The first-order chi connectivity index (χ1) is 23.0. The molecular weight excluding hydrogens is 634 g/mol. The van der Waals surface area contributed by atoms with Crippen molar-refractivity contribution in [1.29, 1.82) is 0 Å². The minimum atomic E-state index is -2.74. The number of hydrogen-bond donors (Lipinski definition) is 4. The lowest BCUT2D eigenvalue weighted by molar-refractivity contribution is -0.170. The number of ether oxygens (including phenoxy) is 1. The van der Waals surface area contributed by atoms with Crippen molar-refractivity contribution in [1.82, 2.24) is 4.90 Å². The SMILES string of the molecule is CCN(CC)CCCCCCCCOc1ccc(C(=C(Cl)c2ccccc2)c2ccccc2)cc1.O=C(O)CC(O)(CC(=O)O)C(=O)O. The van der Waals surface area contributed by atoms with E-state index in [0.717, 1.165) is 46.1 Å². The molecule has 0 bridgehead atoms. The molecule has 0 atom stereocenters. The smallest absolute Gasteiger partial charge is 0.336 e. The molecule has 10 heteroatoms. The van der Waals surface area contributed by atoms with Crippen molar-refractivity contribution in [3.05, 3.63) is 102 Å². The van der Waals surface area contributed by atoms with Gasteiger partial charge in [-0.05, 0) is 61.3 Å². The fraction of sp³-hybridized carbons (Fsp3) is 0.395. The van der Waals surface area contributed by atoms with Crippen LogP contribution in [0.3, 0.4) is 0 Å². The van der Waals surface area contributed by atoms with Gasteiger partial charge in [-0.3, -0.25) is 9.59 Å². The second-order valence-corrected chi connectivity index (χ2v) is 11.8. The fourth-order valence-electron chi connectivity index (χ4n) is 5.06. The fourth-order valence-corrected chi connectivity index (χ4v) is 5.40. The summed E-state index contributed by atoms with van der Waals surface area (Å²) in [7, 11) is 0. The Balaban J connectivity index is 0.000000521. The van der Waals surface area contributed by atoms with Gasteiger partial charge in [0, 0.05) is 5.57 Å². The molecule has 260 valence electrons. The third-order valence-corrected chi connectivity index (χ3v) is 8.18. The summed E-state index contributed by atoms with van der Waals surface area (Å²) in [5, 5.41) is 34.6. The average molecular weight is 682 g/mol. The van der Waals surface area contributed by atoms with E-state index in [4.69, 9.17) is 36.8 Å². The van der Waals surface area contributed by atoms with Crippen LogP contribution in [0.4, 0.5) is 0 Å². The van der Waals surface area contributed by atoms with Crippen LogP contribution < -0.4 is 4.74 Å². The van der Waals surface area contributed by atoms with Gasteiger partial charge < -0.3 is 30.1 Å². The maximum absolute atomic E-state index is 10.3. The average Bonchev–Trinajstić information content (AvgIpc) is 3.07. The molecule has 3 rings (SSSR count). The molecule has 0 fully saturated rings. The van der Waals surface area contributed by atoms with Gasteiger partial charge in [0.05, 0.1) is 24.5 Å². The molecule has 0 aliphatic heterocycles. The highest BCUT2D eigenvalue weighted by molar-refractivity contribution is 6.53. The first kappa shape index (κ1) is 40.0. The van der Waals surface area contributed by atoms with Crippen LogP contribution in [-0.4, -0.2) is 75.1 Å². The van der Waals surface area contributed by atoms with Crippen LogP contribution in [0, 0.1) is 0 Å². The van der Waals surface area contributed by atoms with E-state index < -0.39 is 36.4 Å². The number of carboxylic acid groups (broad SMARTS) is 3. The van der Waals surface area contributed by atoms with Crippen LogP contribution in [0.15, 0.2) is 84.9 Å². The van der Waals surface area contributed by atoms with E-state index in [2.05, 4.69) is 55.1 Å². The number of unbranched alkanes of at least 4 members (excludes halogenated alkanes) is 5. The minimum absolute atomic E-state index is 0.752. The Hall–Kier alpha value is -4.18. The van der Waals surface area contributed by atoms with Crippen molar-refractivity contribution >= 4 is 40.1 Å². The Morgan fingerprint density at radius 3 is 1.60 bits per heavy atom. The molecule has 3 aromatic rings. The highest BCUT2D eigenvalue weighted by Gasteiger charge is 2.40. The van der Waals surface area contributed by atoms with Crippen molar-refractivity contribution in [2.75, 3.05) is 26.2 Å². The van der Waals surface area contributed by atoms with Gasteiger partial charge in [-0.1, -0.05) is 124 Å². The lowest BCUT2D eigenvalue weighted by Gasteiger charge is -2.18. The Bertz CT molecular complexity index is 1410. The van der Waals surface area contributed by atoms with E-state index in [-0.39, 0.29) is 0 Å². The van der Waals surface area contributed by atoms with Gasteiger partial charge in [0.2, 0.25) is 0 Å². The standard InChI is InChI=1S/C32H40ClNO.C6H8O7/c1-3-34(4-2)25-15-7-5-6-8-16-26-35-30-23-21-28(22-24-30)31(27-17-11-9-12-18-27)32(33)29-19-13-10-14-20-29;7-3(8)1-6(13,5(11)12)2-4(9)10/h9-14,17-24H,3-8,15-16,25-26H2,1-2H3;13H,1-2H2,(H,7,8)(H,9,10)(H,11,12). The summed E-state index contributed by atoms with van der Waals surface area (Å²) in [5.41, 5.74) is 1.50. The maximum atomic E-state index is 10.3. The molecule has 0 heterocycles. The van der Waals surface area contributed by atoms with Gasteiger partial charge in [0.15, 0.2) is 5.60 Å². The molecule has 3 aromatic carbocycles. The van der Waals surface area contributed by atoms with Gasteiger partial charge in [-0.25, -0.2) is 4.79 Å². The lowest BCUT2D eigenvalue weighted by Crippen LogP contribution is -2.42. The Kier molecular flexibility index (Phi) is 18.0. The number of halogens is 1. The molecule has 48 heavy (non-hydrogen) atoms. The monoisotopic (exact) mass is 681 g/mol. The van der Waals surface area contributed by atoms with E-state index in [0.29, 0.717) is 0 Å². The molecule has 0 saturated heterocycles. The zero-order valence-electron chi connectivity index (χ0n) is 27.8. The number of aliphatic hydroxyl groups is 1. The molecule has 0 spiro atoms. The third-order valence-electron chi connectivity index (χ3n) is 7.77. The summed E-state index contributed by atoms with van der Waals surface area (Å²) in [4.78, 5) is 33.0. The van der Waals surface area contributed by atoms with Gasteiger partial charge in [-0.15, -0.1) is 0 Å². The maximum Gasteiger partial charge on any atom is 0.336 e. The van der Waals surface area contributed by atoms with Crippen molar-refractivity contribution in [3.8, 4) is 5.75 Å². The third kappa shape index (κ3) is 14.3. The predicted molar refractivity (Wildman–Crippen MR) is 189 cm³/mol. The van der Waals surface area contributed by atoms with Crippen molar-refractivity contribution in [2.24, 2.45) is 0 Å². The number of hydrogen-bond acceptors (Lipinski definition) is 6. The highest BCUT2D eigenvalue weighted by Crippen LogP contribution is 2.35. The number of aliphatic carboxylic acids is 3. The number of rotatable bonds is 20. The van der Waals surface area contributed by atoms with E-state index in [9.17, 15) is 14.4 Å². The summed E-state index contributed by atoms with van der Waals surface area (Å²) in [6.45, 7) is 8.83. The summed E-state index contributed by atoms with van der Waals surface area (Å²) in [5.74, 6) is -4.11. The molecule has 4 N–H and O–H groups in total. The summed E-state index contributed by atoms with van der Waals surface area (Å²) < 4.78 is 6.02. The molecule has 0 aliphatic rings. The molecule has 0 unspecified atom stereocenters. The number of benzene rings is 3. The molecule has 0 aliphatic carbocycles. The van der Waals surface area contributed by atoms with E-state index in [1.54, 1.807) is 0 Å². The quantitative estimate of drug-likeness (QED) is 0.0698. The van der Waals surface area contributed by atoms with Crippen LogP contribution in [0.1, 0.15) is 81.9 Å². The zero-order valence-corrected chi connectivity index (χ0v) is 28.6. The van der Waals surface area contributed by atoms with E-state index in [1.807, 2.05) is 48.5 Å². The highest BCUT2D eigenvalue weighted by atomic mass is 35.5. The normalized spacial score (nSPS) is 11.7. The Labute approximate surface area is 288 Å². The molecular formula is C38H48ClNO8. The van der Waals surface area contributed by atoms with E-state index in [1.165, 1.54) is 51.7 Å². The second kappa shape index (κ2) is 21.6. The van der Waals surface area contributed by atoms with Crippen LogP contribution in [0.2, 0.25) is 0 Å². The predicted octanol–water partition coefficient (Wildman–Crippen LogP) is 7.65. The molecule has 0 amide bonds. The number of carboxylic acids is 3. The van der Waals surface area contributed by atoms with Crippen molar-refractivity contribution in [3.63, 3.8) is 0 Å². The molecule has 0 saturated carbocycles. The first-order valence-corrected chi connectivity index (χ1v) is 16.7. The molecule has 9 nitrogen and oxygen atoms in total. The van der Waals surface area contributed by atoms with Gasteiger partial charge in [-0.2, -0.15) is 0 Å². The Morgan fingerprint density at radius 1 is 0.667 bits per heavy atom. The van der Waals surface area contributed by atoms with E-state index >= 15 is 0 Å². The van der Waals surface area contributed by atoms with Crippen LogP contribution in [-0.2, 0) is 14.4 Å². The van der Waals surface area contributed by atoms with Gasteiger partial charge in [0.25, 0.3) is 0 Å². The zero-order chi connectivity index (χ0) is 35.4. The van der Waals surface area contributed by atoms with Gasteiger partial charge in [0.1, 0.15) is 5.75 Å². The summed E-state index contributed by atoms with van der Waals surface area (Å²) >= 11 is 6.92. The van der Waals surface area contributed by atoms with Crippen LogP contribution >= 0.6 is 11.6 Å². The van der Waals surface area contributed by atoms with Crippen LogP contribution in [0.25, 0.3) is 10.6 Å². The first-order valence-electron chi connectivity index (χ1n) is 16.4. The summed E-state index contributed by atoms with van der Waals surface area (Å²) in [6, 6.07) is 28.8. The van der Waals surface area contributed by atoms with Crippen molar-refractivity contribution < 1.29 is 39.5 Å². The molecule has 0 radical (unpaired) electrons.